The summed E-state index contributed by atoms with van der Waals surface area (Å²) in [6.45, 7) is -0.231. The quantitative estimate of drug-likeness (QED) is 0.805. The van der Waals surface area contributed by atoms with Crippen molar-refractivity contribution < 1.29 is 28.0 Å². The molecule has 0 saturated heterocycles. The van der Waals surface area contributed by atoms with Crippen LogP contribution in [-0.4, -0.2) is 30.3 Å². The van der Waals surface area contributed by atoms with E-state index in [0.29, 0.717) is 17.0 Å². The van der Waals surface area contributed by atoms with Gasteiger partial charge in [-0.2, -0.15) is 0 Å². The van der Waals surface area contributed by atoms with Crippen molar-refractivity contribution in [2.45, 2.75) is 19.1 Å². The maximum absolute atomic E-state index is 13.2. The van der Waals surface area contributed by atoms with E-state index in [1.807, 2.05) is 0 Å². The van der Waals surface area contributed by atoms with Gasteiger partial charge >= 0.3 is 5.97 Å². The summed E-state index contributed by atoms with van der Waals surface area (Å²) in [5.74, 6) is -0.983. The highest BCUT2D eigenvalue weighted by atomic mass is 19.1. The van der Waals surface area contributed by atoms with Crippen LogP contribution in [0.25, 0.3) is 0 Å². The molecule has 0 radical (unpaired) electrons. The number of ether oxygens (including phenoxy) is 1. The van der Waals surface area contributed by atoms with Crippen LogP contribution >= 0.6 is 0 Å². The van der Waals surface area contributed by atoms with Crippen molar-refractivity contribution in [3.05, 3.63) is 59.8 Å². The summed E-state index contributed by atoms with van der Waals surface area (Å²) < 4.78 is 23.2. The first-order chi connectivity index (χ1) is 12.1. The van der Waals surface area contributed by atoms with Gasteiger partial charge in [-0.15, -0.1) is 0 Å². The number of hydrogen-bond acceptors (Lipinski definition) is 6. The van der Waals surface area contributed by atoms with Crippen LogP contribution in [0.4, 0.5) is 4.39 Å². The molecule has 1 unspecified atom stereocenters. The smallest absolute Gasteiger partial charge is 0.351 e. The van der Waals surface area contributed by atoms with Gasteiger partial charge < -0.3 is 19.3 Å². The van der Waals surface area contributed by atoms with Crippen LogP contribution in [0.5, 0.6) is 0 Å². The Balaban J connectivity index is 1.43. The van der Waals surface area contributed by atoms with E-state index in [0.717, 1.165) is 0 Å². The number of rotatable bonds is 6. The standard InChI is InChI=1S/C17H15FN2O5/c18-12-4-1-3-11(7-12)14-8-15(25-20-14)17(22)24-10-16(21)19-9-13-5-2-6-23-13/h1-7,15H,8-10H2,(H,19,21). The minimum atomic E-state index is -0.948. The topological polar surface area (TPSA) is 90.1 Å². The van der Waals surface area contributed by atoms with E-state index in [2.05, 4.69) is 10.5 Å². The van der Waals surface area contributed by atoms with E-state index in [4.69, 9.17) is 14.0 Å². The van der Waals surface area contributed by atoms with Gasteiger partial charge in [0.05, 0.1) is 18.5 Å². The summed E-state index contributed by atoms with van der Waals surface area (Å²) in [4.78, 5) is 28.6. The number of esters is 1. The summed E-state index contributed by atoms with van der Waals surface area (Å²) in [6, 6.07) is 9.24. The van der Waals surface area contributed by atoms with Crippen LogP contribution < -0.4 is 5.32 Å². The third-order valence-corrected chi connectivity index (χ3v) is 3.48. The van der Waals surface area contributed by atoms with Gasteiger partial charge in [0.1, 0.15) is 11.6 Å². The second-order valence-corrected chi connectivity index (χ2v) is 5.31. The van der Waals surface area contributed by atoms with E-state index >= 15 is 0 Å². The van der Waals surface area contributed by atoms with Crippen molar-refractivity contribution >= 4 is 17.6 Å². The van der Waals surface area contributed by atoms with Gasteiger partial charge in [0.25, 0.3) is 5.91 Å². The minimum absolute atomic E-state index is 0.149. The molecule has 2 heterocycles. The molecule has 25 heavy (non-hydrogen) atoms. The summed E-state index contributed by atoms with van der Waals surface area (Å²) in [5, 5.41) is 6.33. The number of oxime groups is 1. The van der Waals surface area contributed by atoms with Crippen LogP contribution in [0.1, 0.15) is 17.7 Å². The fraction of sp³-hybridized carbons (Fsp3) is 0.235. The zero-order valence-corrected chi connectivity index (χ0v) is 13.1. The van der Waals surface area contributed by atoms with Crippen LogP contribution in [0.3, 0.4) is 0 Å². The molecule has 3 rings (SSSR count). The Hall–Kier alpha value is -3.16. The summed E-state index contributed by atoms with van der Waals surface area (Å²) in [7, 11) is 0. The first-order valence-electron chi connectivity index (χ1n) is 7.56. The number of amides is 1. The molecule has 0 bridgehead atoms. The third-order valence-electron chi connectivity index (χ3n) is 3.48. The molecule has 1 atom stereocenters. The molecule has 0 saturated carbocycles. The van der Waals surface area contributed by atoms with Crippen molar-refractivity contribution in [1.82, 2.24) is 5.32 Å². The molecule has 8 heteroatoms. The molecule has 0 spiro atoms. The maximum Gasteiger partial charge on any atom is 0.351 e. The highest BCUT2D eigenvalue weighted by Gasteiger charge is 2.30. The van der Waals surface area contributed by atoms with Crippen molar-refractivity contribution in [2.75, 3.05) is 6.61 Å². The zero-order valence-electron chi connectivity index (χ0n) is 13.1. The lowest BCUT2D eigenvalue weighted by Gasteiger charge is -2.08. The van der Waals surface area contributed by atoms with Gasteiger partial charge in [-0.25, -0.2) is 9.18 Å². The second-order valence-electron chi connectivity index (χ2n) is 5.31. The Morgan fingerprint density at radius 1 is 1.32 bits per heavy atom. The van der Waals surface area contributed by atoms with Crippen LogP contribution in [-0.2, 0) is 25.7 Å². The minimum Gasteiger partial charge on any atom is -0.467 e. The second kappa shape index (κ2) is 7.61. The average molecular weight is 346 g/mol. The number of halogens is 1. The van der Waals surface area contributed by atoms with E-state index < -0.39 is 30.4 Å². The predicted molar refractivity (Wildman–Crippen MR) is 83.9 cm³/mol. The Kier molecular flexibility index (Phi) is 5.08. The van der Waals surface area contributed by atoms with Crippen molar-refractivity contribution in [1.29, 1.82) is 0 Å². The molecule has 2 aromatic rings. The first kappa shape index (κ1) is 16.7. The van der Waals surface area contributed by atoms with Gasteiger partial charge in [-0.3, -0.25) is 4.79 Å². The van der Waals surface area contributed by atoms with Crippen molar-refractivity contribution in [2.24, 2.45) is 5.16 Å². The number of furan rings is 1. The number of nitrogens with one attached hydrogen (secondary N) is 1. The molecule has 1 aliphatic rings. The molecule has 7 nitrogen and oxygen atoms in total. The van der Waals surface area contributed by atoms with Gasteiger partial charge in [0.15, 0.2) is 6.61 Å². The highest BCUT2D eigenvalue weighted by molar-refractivity contribution is 6.03. The molecular weight excluding hydrogens is 331 g/mol. The number of carbonyl (C=O) groups excluding carboxylic acids is 2. The Morgan fingerprint density at radius 2 is 2.20 bits per heavy atom. The maximum atomic E-state index is 13.2. The number of nitrogens with zero attached hydrogens (tertiary/aromatic N) is 1. The van der Waals surface area contributed by atoms with E-state index in [1.54, 1.807) is 24.3 Å². The van der Waals surface area contributed by atoms with Crippen LogP contribution in [0.2, 0.25) is 0 Å². The number of hydrogen-bond donors (Lipinski definition) is 1. The van der Waals surface area contributed by atoms with E-state index in [-0.39, 0.29) is 13.0 Å². The Labute approximate surface area is 142 Å². The largest absolute Gasteiger partial charge is 0.467 e. The Morgan fingerprint density at radius 3 is 2.96 bits per heavy atom. The van der Waals surface area contributed by atoms with E-state index in [1.165, 1.54) is 18.4 Å². The fourth-order valence-corrected chi connectivity index (χ4v) is 2.22. The molecule has 1 amide bonds. The van der Waals surface area contributed by atoms with Gasteiger partial charge in [-0.05, 0) is 24.3 Å². The fourth-order valence-electron chi connectivity index (χ4n) is 2.22. The van der Waals surface area contributed by atoms with Crippen LogP contribution in [0, 0.1) is 5.82 Å². The molecule has 1 aromatic carbocycles. The molecule has 1 aromatic heterocycles. The van der Waals surface area contributed by atoms with E-state index in [9.17, 15) is 14.0 Å². The monoisotopic (exact) mass is 346 g/mol. The van der Waals surface area contributed by atoms with Gasteiger partial charge in [0, 0.05) is 12.0 Å². The number of carbonyl (C=O) groups is 2. The first-order valence-corrected chi connectivity index (χ1v) is 7.56. The average Bonchev–Trinajstić information content (AvgIpc) is 3.29. The summed E-state index contributed by atoms with van der Waals surface area (Å²) >= 11 is 0. The molecule has 0 aliphatic carbocycles. The zero-order chi connectivity index (χ0) is 17.6. The molecular formula is C17H15FN2O5. The van der Waals surface area contributed by atoms with Gasteiger partial charge in [0.2, 0.25) is 6.10 Å². The van der Waals surface area contributed by atoms with Gasteiger partial charge in [-0.1, -0.05) is 17.3 Å². The van der Waals surface area contributed by atoms with Crippen molar-refractivity contribution in [3.63, 3.8) is 0 Å². The predicted octanol–water partition coefficient (Wildman–Crippen LogP) is 1.77. The molecule has 1 aliphatic heterocycles. The molecule has 130 valence electrons. The SMILES string of the molecule is O=C(COC(=O)C1CC(c2cccc(F)c2)=NO1)NCc1ccco1. The lowest BCUT2D eigenvalue weighted by molar-refractivity contribution is -0.158. The molecule has 0 fully saturated rings. The van der Waals surface area contributed by atoms with Crippen LogP contribution in [0.15, 0.2) is 52.2 Å². The summed E-state index contributed by atoms with van der Waals surface area (Å²) in [5.41, 5.74) is 0.982. The normalized spacial score (nSPS) is 16.0. The molecule has 1 N–H and O–H groups in total. The lowest BCUT2D eigenvalue weighted by atomic mass is 10.1. The highest BCUT2D eigenvalue weighted by Crippen LogP contribution is 2.18. The lowest BCUT2D eigenvalue weighted by Crippen LogP contribution is -2.31. The van der Waals surface area contributed by atoms with Crippen molar-refractivity contribution in [3.8, 4) is 0 Å². The third kappa shape index (κ3) is 4.43. The summed E-state index contributed by atoms with van der Waals surface area (Å²) in [6.07, 6.45) is 0.696. The Bertz CT molecular complexity index is 788. The number of benzene rings is 1.